The molecule has 1 fully saturated rings. The molecule has 0 aliphatic carbocycles. The second kappa shape index (κ2) is 8.93. The van der Waals surface area contributed by atoms with Crippen molar-refractivity contribution in [3.63, 3.8) is 0 Å². The lowest BCUT2D eigenvalue weighted by molar-refractivity contribution is 0.101. The minimum Gasteiger partial charge on any atom is -0.497 e. The number of nitrogens with zero attached hydrogens (tertiary/aromatic N) is 2. The van der Waals surface area contributed by atoms with Crippen LogP contribution in [-0.4, -0.2) is 56.6 Å². The van der Waals surface area contributed by atoms with Gasteiger partial charge in [0.2, 0.25) is 10.0 Å². The first-order valence-electron chi connectivity index (χ1n) is 8.80. The summed E-state index contributed by atoms with van der Waals surface area (Å²) >= 11 is 1.25. The quantitative estimate of drug-likeness (QED) is 0.478. The Bertz CT molecular complexity index is 939. The van der Waals surface area contributed by atoms with Crippen molar-refractivity contribution in [2.75, 3.05) is 33.1 Å². The molecular formula is C19H22N2O5S2. The van der Waals surface area contributed by atoms with Crippen molar-refractivity contribution in [3.05, 3.63) is 42.1 Å². The van der Waals surface area contributed by atoms with Crippen molar-refractivity contribution in [1.82, 2.24) is 9.29 Å². The fourth-order valence-corrected chi connectivity index (χ4v) is 5.12. The maximum Gasteiger partial charge on any atom is 0.244 e. The van der Waals surface area contributed by atoms with Crippen LogP contribution in [0.5, 0.6) is 11.5 Å². The van der Waals surface area contributed by atoms with E-state index in [2.05, 4.69) is 4.98 Å². The molecule has 7 nitrogen and oxygen atoms in total. The third-order valence-electron chi connectivity index (χ3n) is 4.47. The second-order valence-corrected chi connectivity index (χ2v) is 9.15. The molecule has 1 aliphatic heterocycles. The van der Waals surface area contributed by atoms with Gasteiger partial charge in [-0.05, 0) is 37.1 Å². The van der Waals surface area contributed by atoms with E-state index < -0.39 is 10.0 Å². The summed E-state index contributed by atoms with van der Waals surface area (Å²) in [5.41, 5.74) is 0.462. The van der Waals surface area contributed by atoms with Crippen LogP contribution in [0.15, 0.2) is 46.5 Å². The standard InChI is InChI=1S/C19H22N2O5S2/c1-25-14-5-7-16(18(11-14)26-2)17(22)13-27-19-8-6-15(12-20-19)28(23,24)21-9-3-4-10-21/h5-8,11-12H,3-4,9-10,13H2,1-2H3. The lowest BCUT2D eigenvalue weighted by atomic mass is 10.1. The van der Waals surface area contributed by atoms with Crippen LogP contribution in [0.3, 0.4) is 0 Å². The molecule has 0 saturated carbocycles. The fraction of sp³-hybridized carbons (Fsp3) is 0.368. The van der Waals surface area contributed by atoms with Crippen LogP contribution in [-0.2, 0) is 10.0 Å². The Morgan fingerprint density at radius 1 is 1.14 bits per heavy atom. The summed E-state index contributed by atoms with van der Waals surface area (Å²) in [6.45, 7) is 1.11. The summed E-state index contributed by atoms with van der Waals surface area (Å²) < 4.78 is 36.9. The van der Waals surface area contributed by atoms with Crippen LogP contribution in [0.2, 0.25) is 0 Å². The second-order valence-electron chi connectivity index (χ2n) is 6.22. The number of methoxy groups -OCH3 is 2. The van der Waals surface area contributed by atoms with Crippen molar-refractivity contribution >= 4 is 27.6 Å². The summed E-state index contributed by atoms with van der Waals surface area (Å²) in [5, 5.41) is 0.584. The van der Waals surface area contributed by atoms with E-state index in [0.717, 1.165) is 12.8 Å². The van der Waals surface area contributed by atoms with Gasteiger partial charge in [0.05, 0.1) is 30.6 Å². The van der Waals surface area contributed by atoms with Crippen molar-refractivity contribution in [1.29, 1.82) is 0 Å². The molecule has 3 rings (SSSR count). The molecule has 150 valence electrons. The van der Waals surface area contributed by atoms with Crippen molar-refractivity contribution in [2.45, 2.75) is 22.8 Å². The Morgan fingerprint density at radius 3 is 2.50 bits per heavy atom. The zero-order valence-electron chi connectivity index (χ0n) is 15.8. The lowest BCUT2D eigenvalue weighted by Crippen LogP contribution is -2.27. The predicted octanol–water partition coefficient (Wildman–Crippen LogP) is 2.86. The van der Waals surface area contributed by atoms with Gasteiger partial charge in [-0.3, -0.25) is 4.79 Å². The molecule has 28 heavy (non-hydrogen) atoms. The molecule has 2 heterocycles. The molecule has 1 aliphatic rings. The summed E-state index contributed by atoms with van der Waals surface area (Å²) in [6, 6.07) is 8.21. The fourth-order valence-electron chi connectivity index (χ4n) is 2.93. The highest BCUT2D eigenvalue weighted by Gasteiger charge is 2.27. The zero-order valence-corrected chi connectivity index (χ0v) is 17.4. The van der Waals surface area contributed by atoms with Gasteiger partial charge < -0.3 is 9.47 Å². The number of benzene rings is 1. The summed E-state index contributed by atoms with van der Waals surface area (Å²) in [7, 11) is -0.432. The maximum absolute atomic E-state index is 12.5. The van der Waals surface area contributed by atoms with Gasteiger partial charge in [-0.25, -0.2) is 13.4 Å². The van der Waals surface area contributed by atoms with E-state index >= 15 is 0 Å². The van der Waals surface area contributed by atoms with E-state index in [9.17, 15) is 13.2 Å². The molecule has 0 N–H and O–H groups in total. The summed E-state index contributed by atoms with van der Waals surface area (Å²) in [6.07, 6.45) is 3.13. The number of thioether (sulfide) groups is 1. The van der Waals surface area contributed by atoms with Gasteiger partial charge in [0, 0.05) is 25.4 Å². The monoisotopic (exact) mass is 422 g/mol. The number of ketones is 1. The number of Topliss-reactive ketones (excluding diaryl/α,β-unsaturated/α-hetero) is 1. The molecule has 0 unspecified atom stereocenters. The number of pyridine rings is 1. The number of rotatable bonds is 8. The molecule has 1 aromatic carbocycles. The highest BCUT2D eigenvalue weighted by molar-refractivity contribution is 7.99. The molecule has 0 amide bonds. The van der Waals surface area contributed by atoms with E-state index in [-0.39, 0.29) is 16.4 Å². The maximum atomic E-state index is 12.5. The number of ether oxygens (including phenoxy) is 2. The van der Waals surface area contributed by atoms with Crippen LogP contribution >= 0.6 is 11.8 Å². The SMILES string of the molecule is COc1ccc(C(=O)CSc2ccc(S(=O)(=O)N3CCCC3)cn2)c(OC)c1. The Balaban J connectivity index is 1.66. The van der Waals surface area contributed by atoms with Gasteiger partial charge in [0.1, 0.15) is 16.4 Å². The highest BCUT2D eigenvalue weighted by atomic mass is 32.2. The number of hydrogen-bond donors (Lipinski definition) is 0. The van der Waals surface area contributed by atoms with Crippen LogP contribution in [0, 0.1) is 0 Å². The van der Waals surface area contributed by atoms with Crippen LogP contribution < -0.4 is 9.47 Å². The third kappa shape index (κ3) is 4.48. The number of aromatic nitrogens is 1. The third-order valence-corrected chi connectivity index (χ3v) is 7.30. The van der Waals surface area contributed by atoms with E-state index in [1.807, 2.05) is 0 Å². The van der Waals surface area contributed by atoms with Gasteiger partial charge in [-0.1, -0.05) is 11.8 Å². The molecule has 0 atom stereocenters. The molecule has 0 radical (unpaired) electrons. The average Bonchev–Trinajstić information content (AvgIpc) is 3.27. The molecule has 9 heteroatoms. The summed E-state index contributed by atoms with van der Waals surface area (Å²) in [5.74, 6) is 1.11. The average molecular weight is 423 g/mol. The van der Waals surface area contributed by atoms with Crippen LogP contribution in [0.4, 0.5) is 0 Å². The normalized spacial score (nSPS) is 14.8. The van der Waals surface area contributed by atoms with E-state index in [1.165, 1.54) is 29.4 Å². The molecule has 0 bridgehead atoms. The number of sulfonamides is 1. The Morgan fingerprint density at radius 2 is 1.89 bits per heavy atom. The van der Waals surface area contributed by atoms with E-state index in [4.69, 9.17) is 9.47 Å². The molecule has 1 saturated heterocycles. The minimum atomic E-state index is -3.48. The molecule has 0 spiro atoms. The van der Waals surface area contributed by atoms with E-state index in [0.29, 0.717) is 35.2 Å². The first kappa shape index (κ1) is 20.6. The number of hydrogen-bond acceptors (Lipinski definition) is 7. The van der Waals surface area contributed by atoms with Crippen molar-refractivity contribution in [3.8, 4) is 11.5 Å². The topological polar surface area (TPSA) is 85.8 Å². The predicted molar refractivity (Wildman–Crippen MR) is 107 cm³/mol. The molecule has 1 aromatic heterocycles. The van der Waals surface area contributed by atoms with Crippen LogP contribution in [0.25, 0.3) is 0 Å². The zero-order chi connectivity index (χ0) is 20.1. The molecular weight excluding hydrogens is 400 g/mol. The minimum absolute atomic E-state index is 0.111. The van der Waals surface area contributed by atoms with Gasteiger partial charge in [-0.2, -0.15) is 4.31 Å². The smallest absolute Gasteiger partial charge is 0.244 e. The van der Waals surface area contributed by atoms with Crippen LogP contribution in [0.1, 0.15) is 23.2 Å². The first-order valence-corrected chi connectivity index (χ1v) is 11.2. The largest absolute Gasteiger partial charge is 0.497 e. The van der Waals surface area contributed by atoms with Gasteiger partial charge >= 0.3 is 0 Å². The lowest BCUT2D eigenvalue weighted by Gasteiger charge is -2.15. The first-order chi connectivity index (χ1) is 13.5. The molecule has 2 aromatic rings. The van der Waals surface area contributed by atoms with Crippen molar-refractivity contribution < 1.29 is 22.7 Å². The van der Waals surface area contributed by atoms with Gasteiger partial charge in [-0.15, -0.1) is 0 Å². The number of carbonyl (C=O) groups excluding carboxylic acids is 1. The van der Waals surface area contributed by atoms with Gasteiger partial charge in [0.25, 0.3) is 0 Å². The highest BCUT2D eigenvalue weighted by Crippen LogP contribution is 2.27. The van der Waals surface area contributed by atoms with Crippen molar-refractivity contribution in [2.24, 2.45) is 0 Å². The Labute approximate surface area is 169 Å². The Hall–Kier alpha value is -2.10. The van der Waals surface area contributed by atoms with E-state index in [1.54, 1.807) is 37.4 Å². The number of carbonyl (C=O) groups is 1. The van der Waals surface area contributed by atoms with Gasteiger partial charge in [0.15, 0.2) is 5.78 Å². The Kier molecular flexibility index (Phi) is 6.58. The summed E-state index contributed by atoms with van der Waals surface area (Å²) in [4.78, 5) is 16.9.